The lowest BCUT2D eigenvalue weighted by molar-refractivity contribution is -0.138. The number of fused-ring (bicyclic) bond motifs is 1. The second-order valence-corrected chi connectivity index (χ2v) is 5.31. The summed E-state index contributed by atoms with van der Waals surface area (Å²) in [5.41, 5.74) is 1.73. The third kappa shape index (κ3) is 2.80. The van der Waals surface area contributed by atoms with Crippen molar-refractivity contribution in [1.29, 1.82) is 0 Å². The lowest BCUT2D eigenvalue weighted by Crippen LogP contribution is -2.37. The molecule has 108 valence electrons. The summed E-state index contributed by atoms with van der Waals surface area (Å²) in [6.45, 7) is 7.16. The minimum Gasteiger partial charge on any atom is -0.463 e. The van der Waals surface area contributed by atoms with Crippen LogP contribution in [0.25, 0.3) is 0 Å². The van der Waals surface area contributed by atoms with Gasteiger partial charge in [0.25, 0.3) is 0 Å². The molecule has 0 atom stereocenters. The van der Waals surface area contributed by atoms with Crippen molar-refractivity contribution >= 4 is 28.6 Å². The average Bonchev–Trinajstić information content (AvgIpc) is 2.93. The first kappa shape index (κ1) is 14.8. The summed E-state index contributed by atoms with van der Waals surface area (Å²) in [7, 11) is 1.74. The molecule has 0 aromatic heterocycles. The van der Waals surface area contributed by atoms with Crippen molar-refractivity contribution < 1.29 is 9.53 Å². The van der Waals surface area contributed by atoms with Crippen LogP contribution in [-0.2, 0) is 9.53 Å². The van der Waals surface area contributed by atoms with Gasteiger partial charge in [0.2, 0.25) is 0 Å². The van der Waals surface area contributed by atoms with E-state index in [1.165, 1.54) is 11.8 Å². The van der Waals surface area contributed by atoms with Gasteiger partial charge in [-0.1, -0.05) is 18.3 Å². The van der Waals surface area contributed by atoms with Gasteiger partial charge in [-0.25, -0.2) is 4.79 Å². The monoisotopic (exact) mass is 293 g/mol. The number of hydrogen-bond acceptors (Lipinski definition) is 6. The number of amidine groups is 1. The molecule has 1 fully saturated rings. The van der Waals surface area contributed by atoms with Gasteiger partial charge in [-0.3, -0.25) is 9.98 Å². The van der Waals surface area contributed by atoms with Gasteiger partial charge in [-0.15, -0.1) is 0 Å². The fourth-order valence-corrected chi connectivity index (χ4v) is 2.96. The number of allylic oxidation sites excluding steroid dienone is 1. The minimum absolute atomic E-state index is 0.247. The average molecular weight is 293 g/mol. The highest BCUT2D eigenvalue weighted by Gasteiger charge is 2.33. The topological polar surface area (TPSA) is 54.3 Å². The van der Waals surface area contributed by atoms with E-state index in [1.807, 2.05) is 6.92 Å². The molecule has 2 aliphatic rings. The summed E-state index contributed by atoms with van der Waals surface area (Å²) in [6.07, 6.45) is 1.91. The Bertz CT molecular complexity index is 509. The molecular formula is C14H19N3O2S. The van der Waals surface area contributed by atoms with E-state index in [-0.39, 0.29) is 5.97 Å². The van der Waals surface area contributed by atoms with Gasteiger partial charge < -0.3 is 9.64 Å². The summed E-state index contributed by atoms with van der Waals surface area (Å²) in [5, 5.41) is 2.58. The number of thioether (sulfide) groups is 1. The molecule has 5 nitrogen and oxygen atoms in total. The molecular weight excluding hydrogens is 274 g/mol. The molecule has 2 rings (SSSR count). The largest absolute Gasteiger partial charge is 0.463 e. The van der Waals surface area contributed by atoms with Crippen molar-refractivity contribution in [2.75, 3.05) is 26.7 Å². The van der Waals surface area contributed by atoms with Crippen molar-refractivity contribution in [3.05, 3.63) is 23.3 Å². The van der Waals surface area contributed by atoms with Gasteiger partial charge in [0.05, 0.1) is 18.7 Å². The Kier molecular flexibility index (Phi) is 5.00. The van der Waals surface area contributed by atoms with Crippen LogP contribution in [0.5, 0.6) is 0 Å². The highest BCUT2D eigenvalue weighted by atomic mass is 32.2. The van der Waals surface area contributed by atoms with Gasteiger partial charge in [0.15, 0.2) is 5.84 Å². The maximum atomic E-state index is 12.0. The zero-order chi connectivity index (χ0) is 14.5. The molecule has 0 aliphatic carbocycles. The van der Waals surface area contributed by atoms with E-state index in [9.17, 15) is 4.79 Å². The van der Waals surface area contributed by atoms with E-state index in [4.69, 9.17) is 4.74 Å². The number of carbonyl (C=O) groups is 1. The minimum atomic E-state index is -0.247. The third-order valence-electron chi connectivity index (χ3n) is 3.22. The number of hydrogen-bond donors (Lipinski definition) is 0. The van der Waals surface area contributed by atoms with Gasteiger partial charge in [0, 0.05) is 19.3 Å². The molecule has 1 saturated heterocycles. The number of nitrogens with zero attached hydrogens (tertiary/aromatic N) is 3. The molecule has 2 heterocycles. The van der Waals surface area contributed by atoms with E-state index >= 15 is 0 Å². The fraction of sp³-hybridized carbons (Fsp3) is 0.500. The van der Waals surface area contributed by atoms with Gasteiger partial charge in [-0.2, -0.15) is 0 Å². The number of rotatable bonds is 4. The van der Waals surface area contributed by atoms with Gasteiger partial charge in [0.1, 0.15) is 5.04 Å². The van der Waals surface area contributed by atoms with Crippen LogP contribution in [0.15, 0.2) is 33.2 Å². The first-order valence-corrected chi connectivity index (χ1v) is 7.56. The van der Waals surface area contributed by atoms with E-state index in [1.54, 1.807) is 12.5 Å². The smallest absolute Gasteiger partial charge is 0.337 e. The molecule has 6 heteroatoms. The molecule has 0 unspecified atom stereocenters. The van der Waals surface area contributed by atoms with Crippen molar-refractivity contribution in [3.8, 4) is 0 Å². The Morgan fingerprint density at radius 2 is 2.45 bits per heavy atom. The van der Waals surface area contributed by atoms with Crippen LogP contribution in [0.3, 0.4) is 0 Å². The normalized spacial score (nSPS) is 18.8. The Morgan fingerprint density at radius 1 is 1.65 bits per heavy atom. The van der Waals surface area contributed by atoms with Crippen LogP contribution in [-0.4, -0.2) is 48.5 Å². The standard InChI is InChI=1S/C14H19N3O2S/c1-4-19-14(18)10-9-16-12(13(15-3)20-5-2)17-8-6-7-11(10)17/h5H,2,4,6-9H2,1,3H3. The van der Waals surface area contributed by atoms with Crippen LogP contribution in [0.1, 0.15) is 19.8 Å². The highest BCUT2D eigenvalue weighted by molar-refractivity contribution is 8.18. The summed E-state index contributed by atoms with van der Waals surface area (Å²) < 4.78 is 5.11. The van der Waals surface area contributed by atoms with Crippen LogP contribution >= 0.6 is 11.8 Å². The van der Waals surface area contributed by atoms with Crippen molar-refractivity contribution in [2.45, 2.75) is 19.8 Å². The number of carbonyl (C=O) groups excluding carboxylic acids is 1. The molecule has 0 saturated carbocycles. The summed E-state index contributed by atoms with van der Waals surface area (Å²) in [6, 6.07) is 0. The zero-order valence-electron chi connectivity index (χ0n) is 11.9. The van der Waals surface area contributed by atoms with Crippen molar-refractivity contribution in [2.24, 2.45) is 9.98 Å². The molecule has 0 aromatic rings. The maximum absolute atomic E-state index is 12.0. The molecule has 0 spiro atoms. The predicted molar refractivity (Wildman–Crippen MR) is 83.0 cm³/mol. The molecule has 2 aliphatic heterocycles. The van der Waals surface area contributed by atoms with Crippen LogP contribution in [0, 0.1) is 0 Å². The summed E-state index contributed by atoms with van der Waals surface area (Å²) in [4.78, 5) is 22.9. The quantitative estimate of drug-likeness (QED) is 0.453. The summed E-state index contributed by atoms with van der Waals surface area (Å²) in [5.74, 6) is 0.599. The second kappa shape index (κ2) is 6.74. The van der Waals surface area contributed by atoms with Crippen molar-refractivity contribution in [3.63, 3.8) is 0 Å². The molecule has 20 heavy (non-hydrogen) atoms. The first-order chi connectivity index (χ1) is 9.72. The predicted octanol–water partition coefficient (Wildman–Crippen LogP) is 2.22. The van der Waals surface area contributed by atoms with Crippen LogP contribution < -0.4 is 0 Å². The summed E-state index contributed by atoms with van der Waals surface area (Å²) >= 11 is 1.45. The SMILES string of the molecule is C=CSC(=NC)C1=NCC(C(=O)OCC)=C2CCCN12. The Balaban J connectivity index is 2.28. The first-order valence-electron chi connectivity index (χ1n) is 6.68. The highest BCUT2D eigenvalue weighted by Crippen LogP contribution is 2.30. The number of esters is 1. The number of ether oxygens (including phenoxy) is 1. The van der Waals surface area contributed by atoms with E-state index in [2.05, 4.69) is 21.5 Å². The van der Waals surface area contributed by atoms with Crippen molar-refractivity contribution in [1.82, 2.24) is 4.90 Å². The van der Waals surface area contributed by atoms with E-state index < -0.39 is 0 Å². The van der Waals surface area contributed by atoms with Crippen LogP contribution in [0.2, 0.25) is 0 Å². The molecule has 0 radical (unpaired) electrons. The Labute approximate surface area is 123 Å². The maximum Gasteiger partial charge on any atom is 0.337 e. The van der Waals surface area contributed by atoms with Gasteiger partial charge >= 0.3 is 5.97 Å². The fourth-order valence-electron chi connectivity index (χ4n) is 2.42. The third-order valence-corrected chi connectivity index (χ3v) is 3.98. The van der Waals surface area contributed by atoms with Gasteiger partial charge in [-0.05, 0) is 25.2 Å². The Hall–Kier alpha value is -1.56. The molecule has 0 bridgehead atoms. The molecule has 0 N–H and O–H groups in total. The van der Waals surface area contributed by atoms with Crippen LogP contribution in [0.4, 0.5) is 0 Å². The lowest BCUT2D eigenvalue weighted by Gasteiger charge is -2.28. The lowest BCUT2D eigenvalue weighted by atomic mass is 10.1. The molecule has 0 amide bonds. The zero-order valence-corrected chi connectivity index (χ0v) is 12.7. The molecule has 0 aromatic carbocycles. The number of aliphatic imine (C=N–C) groups is 2. The van der Waals surface area contributed by atoms with E-state index in [0.717, 1.165) is 36.0 Å². The van der Waals surface area contributed by atoms with E-state index in [0.29, 0.717) is 18.7 Å². The Morgan fingerprint density at radius 3 is 3.10 bits per heavy atom. The second-order valence-electron chi connectivity index (χ2n) is 4.35.